The minimum absolute atomic E-state index is 0.115. The van der Waals surface area contributed by atoms with Gasteiger partial charge in [-0.1, -0.05) is 12.8 Å². The van der Waals surface area contributed by atoms with Crippen molar-refractivity contribution in [1.29, 1.82) is 0 Å². The van der Waals surface area contributed by atoms with Gasteiger partial charge in [-0.3, -0.25) is 0 Å². The molecule has 4 rings (SSSR count). The zero-order chi connectivity index (χ0) is 12.1. The molecular formula is C15H19FN2. The van der Waals surface area contributed by atoms with E-state index in [9.17, 15) is 4.39 Å². The lowest BCUT2D eigenvalue weighted by Gasteiger charge is -2.40. The van der Waals surface area contributed by atoms with Crippen LogP contribution in [0.3, 0.4) is 0 Å². The molecule has 2 heterocycles. The van der Waals surface area contributed by atoms with Gasteiger partial charge in [0.25, 0.3) is 0 Å². The maximum Gasteiger partial charge on any atom is 0.125 e. The van der Waals surface area contributed by atoms with Crippen LogP contribution in [0.25, 0.3) is 0 Å². The van der Waals surface area contributed by atoms with Gasteiger partial charge in [-0.05, 0) is 43.4 Å². The van der Waals surface area contributed by atoms with Gasteiger partial charge in [-0.15, -0.1) is 0 Å². The molecule has 0 radical (unpaired) electrons. The maximum atomic E-state index is 13.5. The SMILES string of the molecule is Fc1ccc2c(c1)N1C(CN2)CC2CCCCC21. The standard InChI is InChI=1S/C15H19FN2/c16-11-5-6-13-15(8-11)18-12(9-17-13)7-10-3-1-2-4-14(10)18/h5-6,8,10,12,14,17H,1-4,7,9H2. The average molecular weight is 246 g/mol. The van der Waals surface area contributed by atoms with Crippen molar-refractivity contribution in [2.24, 2.45) is 5.92 Å². The Morgan fingerprint density at radius 1 is 1.22 bits per heavy atom. The number of anilines is 2. The molecule has 18 heavy (non-hydrogen) atoms. The minimum atomic E-state index is -0.115. The first-order chi connectivity index (χ1) is 8.83. The summed E-state index contributed by atoms with van der Waals surface area (Å²) < 4.78 is 13.5. The summed E-state index contributed by atoms with van der Waals surface area (Å²) in [6.45, 7) is 1.02. The molecule has 1 saturated heterocycles. The molecule has 1 N–H and O–H groups in total. The van der Waals surface area contributed by atoms with Crippen molar-refractivity contribution >= 4 is 11.4 Å². The van der Waals surface area contributed by atoms with Crippen molar-refractivity contribution < 1.29 is 4.39 Å². The van der Waals surface area contributed by atoms with E-state index < -0.39 is 0 Å². The molecule has 0 spiro atoms. The van der Waals surface area contributed by atoms with Crippen LogP contribution >= 0.6 is 0 Å². The summed E-state index contributed by atoms with van der Waals surface area (Å²) in [7, 11) is 0. The molecule has 1 aliphatic carbocycles. The highest BCUT2D eigenvalue weighted by molar-refractivity contribution is 5.74. The highest BCUT2D eigenvalue weighted by atomic mass is 19.1. The molecule has 3 unspecified atom stereocenters. The average Bonchev–Trinajstić information content (AvgIpc) is 2.77. The molecule has 0 amide bonds. The van der Waals surface area contributed by atoms with Crippen LogP contribution in [0, 0.1) is 11.7 Å². The van der Waals surface area contributed by atoms with Crippen molar-refractivity contribution in [2.45, 2.75) is 44.2 Å². The predicted octanol–water partition coefficient (Wildman–Crippen LogP) is 3.39. The van der Waals surface area contributed by atoms with E-state index in [1.165, 1.54) is 32.1 Å². The van der Waals surface area contributed by atoms with Crippen molar-refractivity contribution in [2.75, 3.05) is 16.8 Å². The van der Waals surface area contributed by atoms with E-state index in [4.69, 9.17) is 0 Å². The Balaban J connectivity index is 1.76. The summed E-state index contributed by atoms with van der Waals surface area (Å²) in [5, 5.41) is 3.46. The molecule has 3 atom stereocenters. The fourth-order valence-corrected chi connectivity index (χ4v) is 4.22. The number of halogens is 1. The second-order valence-electron chi connectivity index (χ2n) is 5.95. The first-order valence-corrected chi connectivity index (χ1v) is 7.15. The first-order valence-electron chi connectivity index (χ1n) is 7.15. The summed E-state index contributed by atoms with van der Waals surface area (Å²) in [4.78, 5) is 2.53. The van der Waals surface area contributed by atoms with Crippen LogP contribution in [0.4, 0.5) is 15.8 Å². The second kappa shape index (κ2) is 3.87. The van der Waals surface area contributed by atoms with Crippen LogP contribution in [0.2, 0.25) is 0 Å². The number of hydrogen-bond acceptors (Lipinski definition) is 2. The third-order valence-corrected chi connectivity index (χ3v) is 4.96. The number of benzene rings is 1. The van der Waals surface area contributed by atoms with E-state index in [-0.39, 0.29) is 5.82 Å². The van der Waals surface area contributed by atoms with Gasteiger partial charge in [0.1, 0.15) is 5.82 Å². The molecule has 2 aliphatic heterocycles. The summed E-state index contributed by atoms with van der Waals surface area (Å²) >= 11 is 0. The molecule has 1 aromatic rings. The topological polar surface area (TPSA) is 15.3 Å². The highest BCUT2D eigenvalue weighted by Gasteiger charge is 2.44. The van der Waals surface area contributed by atoms with Crippen molar-refractivity contribution in [3.63, 3.8) is 0 Å². The van der Waals surface area contributed by atoms with Gasteiger partial charge in [0.15, 0.2) is 0 Å². The lowest BCUT2D eigenvalue weighted by Crippen LogP contribution is -2.44. The van der Waals surface area contributed by atoms with E-state index in [0.29, 0.717) is 12.1 Å². The van der Waals surface area contributed by atoms with Gasteiger partial charge < -0.3 is 10.2 Å². The minimum Gasteiger partial charge on any atom is -0.381 e. The highest BCUT2D eigenvalue weighted by Crippen LogP contribution is 2.46. The Morgan fingerprint density at radius 2 is 2.11 bits per heavy atom. The molecule has 2 nitrogen and oxygen atoms in total. The summed E-state index contributed by atoms with van der Waals surface area (Å²) in [6.07, 6.45) is 6.65. The van der Waals surface area contributed by atoms with Crippen LogP contribution in [-0.4, -0.2) is 18.6 Å². The molecule has 0 bridgehead atoms. The number of rotatable bonds is 0. The maximum absolute atomic E-state index is 13.5. The van der Waals surface area contributed by atoms with Crippen LogP contribution in [0.15, 0.2) is 18.2 Å². The largest absolute Gasteiger partial charge is 0.381 e. The molecule has 96 valence electrons. The second-order valence-corrected chi connectivity index (χ2v) is 5.95. The molecular weight excluding hydrogens is 227 g/mol. The molecule has 0 aromatic heterocycles. The first kappa shape index (κ1) is 10.7. The molecule has 3 heteroatoms. The van der Waals surface area contributed by atoms with Gasteiger partial charge in [0.2, 0.25) is 0 Å². The molecule has 3 aliphatic rings. The van der Waals surface area contributed by atoms with Crippen molar-refractivity contribution in [3.8, 4) is 0 Å². The fraction of sp³-hybridized carbons (Fsp3) is 0.600. The Labute approximate surface area is 107 Å². The Bertz CT molecular complexity index is 474. The molecule has 1 saturated carbocycles. The lowest BCUT2D eigenvalue weighted by atomic mass is 9.85. The zero-order valence-electron chi connectivity index (χ0n) is 10.5. The quantitative estimate of drug-likeness (QED) is 0.755. The third kappa shape index (κ3) is 1.46. The zero-order valence-corrected chi connectivity index (χ0v) is 10.5. The fourth-order valence-electron chi connectivity index (χ4n) is 4.22. The number of nitrogens with one attached hydrogen (secondary N) is 1. The summed E-state index contributed by atoms with van der Waals surface area (Å²) in [5.41, 5.74) is 2.21. The summed E-state index contributed by atoms with van der Waals surface area (Å²) in [6, 6.07) is 6.39. The van der Waals surface area contributed by atoms with Crippen LogP contribution < -0.4 is 10.2 Å². The van der Waals surface area contributed by atoms with Gasteiger partial charge in [-0.25, -0.2) is 4.39 Å². The third-order valence-electron chi connectivity index (χ3n) is 4.96. The van der Waals surface area contributed by atoms with Crippen molar-refractivity contribution in [3.05, 3.63) is 24.0 Å². The van der Waals surface area contributed by atoms with Gasteiger partial charge in [-0.2, -0.15) is 0 Å². The number of nitrogens with zero attached hydrogens (tertiary/aromatic N) is 1. The monoisotopic (exact) mass is 246 g/mol. The normalized spacial score (nSPS) is 33.4. The van der Waals surface area contributed by atoms with E-state index in [0.717, 1.165) is 23.8 Å². The predicted molar refractivity (Wildman–Crippen MR) is 71.5 cm³/mol. The van der Waals surface area contributed by atoms with Crippen LogP contribution in [0.1, 0.15) is 32.1 Å². The van der Waals surface area contributed by atoms with E-state index >= 15 is 0 Å². The van der Waals surface area contributed by atoms with Gasteiger partial charge >= 0.3 is 0 Å². The van der Waals surface area contributed by atoms with E-state index in [1.807, 2.05) is 6.07 Å². The van der Waals surface area contributed by atoms with E-state index in [2.05, 4.69) is 10.2 Å². The van der Waals surface area contributed by atoms with Crippen LogP contribution in [0.5, 0.6) is 0 Å². The molecule has 2 fully saturated rings. The molecule has 1 aromatic carbocycles. The lowest BCUT2D eigenvalue weighted by molar-refractivity contribution is 0.342. The van der Waals surface area contributed by atoms with Crippen molar-refractivity contribution in [1.82, 2.24) is 0 Å². The Kier molecular flexibility index (Phi) is 2.29. The Morgan fingerprint density at radius 3 is 3.06 bits per heavy atom. The van der Waals surface area contributed by atoms with E-state index in [1.54, 1.807) is 12.1 Å². The number of fused-ring (bicyclic) bond motifs is 5. The van der Waals surface area contributed by atoms with Crippen LogP contribution in [-0.2, 0) is 0 Å². The van der Waals surface area contributed by atoms with Gasteiger partial charge in [0.05, 0.1) is 11.4 Å². The Hall–Kier alpha value is -1.25. The summed E-state index contributed by atoms with van der Waals surface area (Å²) in [5.74, 6) is 0.718. The number of hydrogen-bond donors (Lipinski definition) is 1. The smallest absolute Gasteiger partial charge is 0.125 e. The van der Waals surface area contributed by atoms with Gasteiger partial charge in [0, 0.05) is 18.6 Å².